The number of nitrogens with two attached hydrogens (primary N) is 4. The van der Waals surface area contributed by atoms with Crippen molar-refractivity contribution in [2.75, 3.05) is 13.1 Å². The zero-order chi connectivity index (χ0) is 59.2. The fourth-order valence-corrected chi connectivity index (χ4v) is 7.73. The zero-order valence-electron chi connectivity index (χ0n) is 45.7. The summed E-state index contributed by atoms with van der Waals surface area (Å²) in [6, 6.07) is -12.4. The molecule has 1 heterocycles. The van der Waals surface area contributed by atoms with Gasteiger partial charge in [-0.1, -0.05) is 41.5 Å². The minimum Gasteiger partial charge on any atom is -0.481 e. The maximum absolute atomic E-state index is 14.2. The number of aromatic nitrogens is 2. The standard InChI is InChI=1S/C49H85N15O14/c1-25(2)19-34(61-41(70)30(51)11-10-18-55-49(52)53)45(74)57-28(7)40(69)58-32(13-15-38(65)66)43(72)60-33(14-16-39(67)68)44(73)62-35(20-26(3)4)46(75)63-36(22-29-23-54-24-56-29)47(76)59-31(12-8-9-17-50)42(71)64-37(48(77)78)21-27(5)6/h23-28,30-37H,8-22,50-51H2,1-7H3,(H,54,56)(H,57,74)(H,58,69)(H,59,76)(H,60,72)(H,61,70)(H,62,73)(H,63,75)(H,64,71)(H,65,66)(H,67,68)(H,77,78)(H4,52,53,55)/t28-,30-,31-,32-,33-,34-,35-,36-,37-/m0/s1. The van der Waals surface area contributed by atoms with Crippen molar-refractivity contribution < 1.29 is 68.1 Å². The quantitative estimate of drug-likeness (QED) is 0.0181. The topological polar surface area (TPSA) is 490 Å². The molecule has 1 aromatic rings. The molecule has 0 aliphatic carbocycles. The molecule has 0 aliphatic heterocycles. The van der Waals surface area contributed by atoms with Crippen LogP contribution >= 0.6 is 0 Å². The number of guanidine groups is 1. The number of nitrogens with zero attached hydrogens (tertiary/aromatic N) is 2. The molecule has 0 unspecified atom stereocenters. The Hall–Kier alpha value is -7.43. The van der Waals surface area contributed by atoms with Crippen LogP contribution in [-0.4, -0.2) is 164 Å². The average molecular weight is 1110 g/mol. The lowest BCUT2D eigenvalue weighted by atomic mass is 10.0. The molecule has 0 radical (unpaired) electrons. The fraction of sp³-hybridized carbons (Fsp3) is 0.694. The highest BCUT2D eigenvalue weighted by Gasteiger charge is 2.35. The Morgan fingerprint density at radius 1 is 0.526 bits per heavy atom. The van der Waals surface area contributed by atoms with Crippen LogP contribution in [0.2, 0.25) is 0 Å². The van der Waals surface area contributed by atoms with Gasteiger partial charge >= 0.3 is 17.9 Å². The molecule has 0 aromatic carbocycles. The molecule has 0 spiro atoms. The van der Waals surface area contributed by atoms with Gasteiger partial charge in [0.15, 0.2) is 5.96 Å². The Bertz CT molecular complexity index is 2170. The highest BCUT2D eigenvalue weighted by atomic mass is 16.4. The summed E-state index contributed by atoms with van der Waals surface area (Å²) in [4.78, 5) is 156. The summed E-state index contributed by atoms with van der Waals surface area (Å²) >= 11 is 0. The number of aromatic amines is 1. The second-order valence-corrected chi connectivity index (χ2v) is 20.4. The third-order valence-corrected chi connectivity index (χ3v) is 11.8. The summed E-state index contributed by atoms with van der Waals surface area (Å²) in [5.74, 6) is -11.9. The van der Waals surface area contributed by atoms with Gasteiger partial charge in [-0.3, -0.25) is 52.9 Å². The van der Waals surface area contributed by atoms with Gasteiger partial charge in [0.05, 0.1) is 12.4 Å². The lowest BCUT2D eigenvalue weighted by molar-refractivity contribution is -0.143. The highest BCUT2D eigenvalue weighted by Crippen LogP contribution is 2.13. The van der Waals surface area contributed by atoms with Crippen molar-refractivity contribution in [2.45, 2.75) is 186 Å². The van der Waals surface area contributed by atoms with E-state index in [0.29, 0.717) is 25.0 Å². The number of carbonyl (C=O) groups is 11. The van der Waals surface area contributed by atoms with Crippen LogP contribution < -0.4 is 65.5 Å². The Morgan fingerprint density at radius 2 is 0.936 bits per heavy atom. The second kappa shape index (κ2) is 35.8. The van der Waals surface area contributed by atoms with Crippen molar-refractivity contribution >= 4 is 71.1 Å². The van der Waals surface area contributed by atoms with Gasteiger partial charge in [-0.25, -0.2) is 9.78 Å². The summed E-state index contributed by atoms with van der Waals surface area (Å²) in [6.45, 7) is 12.3. The maximum Gasteiger partial charge on any atom is 0.326 e. The van der Waals surface area contributed by atoms with Crippen LogP contribution in [0.3, 0.4) is 0 Å². The van der Waals surface area contributed by atoms with Gasteiger partial charge in [0, 0.05) is 37.7 Å². The number of rotatable bonds is 39. The molecule has 1 aromatic heterocycles. The number of hydrogen-bond donors (Lipinski definition) is 16. The molecule has 20 N–H and O–H groups in total. The van der Waals surface area contributed by atoms with Crippen LogP contribution in [0.25, 0.3) is 0 Å². The van der Waals surface area contributed by atoms with Crippen molar-refractivity contribution in [3.8, 4) is 0 Å². The number of H-pyrrole nitrogens is 1. The van der Waals surface area contributed by atoms with Crippen LogP contribution in [0.4, 0.5) is 0 Å². The molecular weight excluding hydrogens is 1020 g/mol. The number of imidazole rings is 1. The Morgan fingerprint density at radius 3 is 1.38 bits per heavy atom. The van der Waals surface area contributed by atoms with E-state index in [1.54, 1.807) is 41.5 Å². The molecule has 9 atom stereocenters. The van der Waals surface area contributed by atoms with E-state index in [1.807, 2.05) is 0 Å². The van der Waals surface area contributed by atoms with E-state index in [4.69, 9.17) is 22.9 Å². The first kappa shape index (κ1) is 68.6. The van der Waals surface area contributed by atoms with Crippen molar-refractivity contribution in [1.29, 1.82) is 0 Å². The van der Waals surface area contributed by atoms with E-state index in [1.165, 1.54) is 19.4 Å². The SMILES string of the molecule is CC(C)C[C@H](NC(=O)[C@H](CCCCN)NC(=O)[C@H](Cc1cnc[nH]1)NC(=O)[C@H](CC(C)C)NC(=O)[C@H](CCC(=O)O)NC(=O)[C@H](CCC(=O)O)NC(=O)[C@H](C)NC(=O)[C@H](CC(C)C)NC(=O)[C@@H](N)CCCN=C(N)N)C(=O)O. The summed E-state index contributed by atoms with van der Waals surface area (Å²) in [5.41, 5.74) is 22.7. The van der Waals surface area contributed by atoms with E-state index in [2.05, 4.69) is 57.5 Å². The van der Waals surface area contributed by atoms with Crippen LogP contribution in [-0.2, 0) is 59.2 Å². The fourth-order valence-electron chi connectivity index (χ4n) is 7.73. The number of unbranched alkanes of at least 4 members (excludes halogenated alkanes) is 1. The average Bonchev–Trinajstić information content (AvgIpc) is 3.86. The first-order valence-corrected chi connectivity index (χ1v) is 26.1. The van der Waals surface area contributed by atoms with Crippen LogP contribution in [0.5, 0.6) is 0 Å². The third-order valence-electron chi connectivity index (χ3n) is 11.8. The van der Waals surface area contributed by atoms with Crippen LogP contribution in [0.15, 0.2) is 17.5 Å². The minimum absolute atomic E-state index is 0.0564. The summed E-state index contributed by atoms with van der Waals surface area (Å²) in [7, 11) is 0. The molecule has 29 nitrogen and oxygen atoms in total. The molecular formula is C49H85N15O14. The van der Waals surface area contributed by atoms with E-state index in [-0.39, 0.29) is 75.3 Å². The van der Waals surface area contributed by atoms with Gasteiger partial charge < -0.3 is 85.8 Å². The number of aliphatic imine (C=N–C) groups is 1. The molecule has 440 valence electrons. The van der Waals surface area contributed by atoms with E-state index < -0.39 is 145 Å². The lowest BCUT2D eigenvalue weighted by Crippen LogP contribution is -2.60. The Balaban J connectivity index is 3.46. The van der Waals surface area contributed by atoms with E-state index in [9.17, 15) is 68.1 Å². The molecule has 0 bridgehead atoms. The van der Waals surface area contributed by atoms with Crippen LogP contribution in [0, 0.1) is 17.8 Å². The van der Waals surface area contributed by atoms with Gasteiger partial charge in [0.2, 0.25) is 47.3 Å². The summed E-state index contributed by atoms with van der Waals surface area (Å²) in [6.07, 6.45) is 1.62. The normalized spacial score (nSPS) is 14.7. The molecule has 0 fully saturated rings. The predicted molar refractivity (Wildman–Crippen MR) is 284 cm³/mol. The Labute approximate surface area is 453 Å². The van der Waals surface area contributed by atoms with Crippen LogP contribution in [0.1, 0.15) is 131 Å². The van der Waals surface area contributed by atoms with Crippen molar-refractivity contribution in [2.24, 2.45) is 45.7 Å². The zero-order valence-corrected chi connectivity index (χ0v) is 45.7. The van der Waals surface area contributed by atoms with Gasteiger partial charge in [-0.2, -0.15) is 0 Å². The summed E-state index contributed by atoms with van der Waals surface area (Å²) < 4.78 is 0. The first-order chi connectivity index (χ1) is 36.5. The van der Waals surface area contributed by atoms with Crippen molar-refractivity contribution in [3.05, 3.63) is 18.2 Å². The smallest absolute Gasteiger partial charge is 0.326 e. The largest absolute Gasteiger partial charge is 0.481 e. The van der Waals surface area contributed by atoms with E-state index >= 15 is 0 Å². The van der Waals surface area contributed by atoms with E-state index in [0.717, 1.165) is 0 Å². The molecule has 0 aliphatic rings. The van der Waals surface area contributed by atoms with Crippen molar-refractivity contribution in [3.63, 3.8) is 0 Å². The number of carboxylic acids is 3. The second-order valence-electron chi connectivity index (χ2n) is 20.4. The van der Waals surface area contributed by atoms with Gasteiger partial charge in [0.25, 0.3) is 0 Å². The predicted octanol–water partition coefficient (Wildman–Crippen LogP) is -2.69. The Kier molecular flexibility index (Phi) is 31.5. The maximum atomic E-state index is 14.2. The number of nitrogens with one attached hydrogen (secondary N) is 9. The summed E-state index contributed by atoms with van der Waals surface area (Å²) in [5, 5.41) is 49.0. The molecule has 8 amide bonds. The third kappa shape index (κ3) is 28.1. The molecule has 78 heavy (non-hydrogen) atoms. The van der Waals surface area contributed by atoms with Gasteiger partial charge in [-0.15, -0.1) is 0 Å². The molecule has 0 saturated heterocycles. The van der Waals surface area contributed by atoms with Gasteiger partial charge in [0.1, 0.15) is 48.3 Å². The monoisotopic (exact) mass is 1110 g/mol. The van der Waals surface area contributed by atoms with Gasteiger partial charge in [-0.05, 0) is 95.4 Å². The first-order valence-electron chi connectivity index (χ1n) is 26.1. The number of carbonyl (C=O) groups excluding carboxylic acids is 8. The molecule has 29 heteroatoms. The number of amides is 8. The molecule has 0 saturated carbocycles. The molecule has 1 rings (SSSR count). The number of aliphatic carboxylic acids is 3. The van der Waals surface area contributed by atoms with Crippen molar-refractivity contribution in [1.82, 2.24) is 52.5 Å². The number of hydrogen-bond acceptors (Lipinski definition) is 15. The highest BCUT2D eigenvalue weighted by molar-refractivity contribution is 5.98. The number of carboxylic acid groups (broad SMARTS) is 3. The minimum atomic E-state index is -1.71. The lowest BCUT2D eigenvalue weighted by Gasteiger charge is -2.28.